The minimum atomic E-state index is -0.526. The Morgan fingerprint density at radius 1 is 1.32 bits per heavy atom. The summed E-state index contributed by atoms with van der Waals surface area (Å²) < 4.78 is 0. The lowest BCUT2D eigenvalue weighted by Crippen LogP contribution is -2.45. The van der Waals surface area contributed by atoms with Crippen LogP contribution < -0.4 is 5.32 Å². The van der Waals surface area contributed by atoms with Gasteiger partial charge in [0.2, 0.25) is 5.91 Å². The first kappa shape index (κ1) is 22.2. The van der Waals surface area contributed by atoms with Crippen molar-refractivity contribution in [1.82, 2.24) is 10.2 Å². The Bertz CT molecular complexity index is 711. The monoisotopic (exact) mass is 407 g/mol. The van der Waals surface area contributed by atoms with Gasteiger partial charge in [-0.15, -0.1) is 11.8 Å². The van der Waals surface area contributed by atoms with Gasteiger partial charge < -0.3 is 10.2 Å². The number of thioether (sulfide) groups is 1. The number of hydrogen-bond acceptors (Lipinski definition) is 5. The Morgan fingerprint density at radius 3 is 2.79 bits per heavy atom. The molecule has 1 unspecified atom stereocenters. The third-order valence-corrected chi connectivity index (χ3v) is 5.77. The maximum absolute atomic E-state index is 13.0. The summed E-state index contributed by atoms with van der Waals surface area (Å²) in [5.41, 5.74) is -0.0947. The number of carbonyl (C=O) groups excluding carboxylic acids is 2. The van der Waals surface area contributed by atoms with E-state index in [1.165, 1.54) is 17.8 Å². The van der Waals surface area contributed by atoms with E-state index >= 15 is 0 Å². The zero-order valence-electron chi connectivity index (χ0n) is 16.6. The summed E-state index contributed by atoms with van der Waals surface area (Å²) in [5, 5.41) is 14.3. The molecule has 154 valence electrons. The molecule has 2 amide bonds. The van der Waals surface area contributed by atoms with Gasteiger partial charge in [-0.3, -0.25) is 19.7 Å². The number of nitrogens with zero attached hydrogens (tertiary/aromatic N) is 2. The quantitative estimate of drug-likeness (QED) is 0.290. The summed E-state index contributed by atoms with van der Waals surface area (Å²) in [5.74, 6) is -0.656. The Hall–Kier alpha value is -2.09. The van der Waals surface area contributed by atoms with Crippen LogP contribution in [0.3, 0.4) is 0 Å². The van der Waals surface area contributed by atoms with Crippen molar-refractivity contribution in [2.24, 2.45) is 5.92 Å². The van der Waals surface area contributed by atoms with Crippen LogP contribution in [-0.4, -0.2) is 47.5 Å². The summed E-state index contributed by atoms with van der Waals surface area (Å²) in [6.07, 6.45) is 7.68. The summed E-state index contributed by atoms with van der Waals surface area (Å²) in [4.78, 5) is 38.6. The second-order valence-electron chi connectivity index (χ2n) is 7.08. The van der Waals surface area contributed by atoms with E-state index in [1.54, 1.807) is 17.0 Å². The average molecular weight is 408 g/mol. The molecule has 0 spiro atoms. The molecule has 0 aromatic heterocycles. The van der Waals surface area contributed by atoms with E-state index in [2.05, 4.69) is 12.2 Å². The van der Waals surface area contributed by atoms with Gasteiger partial charge in [0, 0.05) is 30.6 Å². The summed E-state index contributed by atoms with van der Waals surface area (Å²) in [6.45, 7) is 3.62. The van der Waals surface area contributed by atoms with E-state index in [4.69, 9.17) is 0 Å². The lowest BCUT2D eigenvalue weighted by molar-refractivity contribution is -0.385. The molecule has 8 heteroatoms. The maximum atomic E-state index is 13.0. The van der Waals surface area contributed by atoms with E-state index < -0.39 is 4.92 Å². The molecule has 1 aromatic carbocycles. The second kappa shape index (κ2) is 11.0. The molecule has 1 fully saturated rings. The fourth-order valence-corrected chi connectivity index (χ4v) is 3.87. The van der Waals surface area contributed by atoms with Gasteiger partial charge in [-0.25, -0.2) is 0 Å². The van der Waals surface area contributed by atoms with Crippen molar-refractivity contribution >= 4 is 29.3 Å². The highest BCUT2D eigenvalue weighted by Gasteiger charge is 2.31. The number of hydrogen-bond donors (Lipinski definition) is 1. The highest BCUT2D eigenvalue weighted by molar-refractivity contribution is 7.98. The van der Waals surface area contributed by atoms with Crippen LogP contribution in [0.25, 0.3) is 0 Å². The van der Waals surface area contributed by atoms with Crippen LogP contribution >= 0.6 is 11.8 Å². The largest absolute Gasteiger partial charge is 0.356 e. The zero-order chi connectivity index (χ0) is 20.5. The van der Waals surface area contributed by atoms with Crippen molar-refractivity contribution in [3.05, 3.63) is 33.9 Å². The number of likely N-dealkylation sites (tertiary alicyclic amines) is 1. The molecule has 0 bridgehead atoms. The van der Waals surface area contributed by atoms with E-state index in [0.29, 0.717) is 19.6 Å². The van der Waals surface area contributed by atoms with Crippen molar-refractivity contribution in [1.29, 1.82) is 0 Å². The first-order valence-corrected chi connectivity index (χ1v) is 11.1. The molecule has 1 atom stereocenters. The Kier molecular flexibility index (Phi) is 8.76. The summed E-state index contributed by atoms with van der Waals surface area (Å²) in [6, 6.07) is 4.59. The Balaban J connectivity index is 2.02. The summed E-state index contributed by atoms with van der Waals surface area (Å²) in [7, 11) is 0. The van der Waals surface area contributed by atoms with Gasteiger partial charge in [0.1, 0.15) is 5.56 Å². The van der Waals surface area contributed by atoms with E-state index in [9.17, 15) is 19.7 Å². The van der Waals surface area contributed by atoms with E-state index in [1.807, 2.05) is 6.26 Å². The fraction of sp³-hybridized carbons (Fsp3) is 0.600. The fourth-order valence-electron chi connectivity index (χ4n) is 3.43. The van der Waals surface area contributed by atoms with Gasteiger partial charge in [0.15, 0.2) is 0 Å². The number of nitro groups is 1. The molecule has 1 heterocycles. The van der Waals surface area contributed by atoms with E-state index in [0.717, 1.165) is 43.4 Å². The van der Waals surface area contributed by atoms with Crippen molar-refractivity contribution in [2.75, 3.05) is 25.9 Å². The Labute approximate surface area is 170 Å². The smallest absolute Gasteiger partial charge is 0.282 e. The zero-order valence-corrected chi connectivity index (χ0v) is 17.4. The number of nitro benzene ring substituents is 1. The number of carbonyl (C=O) groups is 2. The highest BCUT2D eigenvalue weighted by Crippen LogP contribution is 2.27. The predicted molar refractivity (Wildman–Crippen MR) is 111 cm³/mol. The summed E-state index contributed by atoms with van der Waals surface area (Å²) >= 11 is 1.43. The first-order chi connectivity index (χ1) is 13.5. The second-order valence-corrected chi connectivity index (χ2v) is 7.96. The van der Waals surface area contributed by atoms with Gasteiger partial charge in [-0.2, -0.15) is 0 Å². The molecule has 0 radical (unpaired) electrons. The van der Waals surface area contributed by atoms with Crippen LogP contribution in [0, 0.1) is 16.0 Å². The molecule has 1 aliphatic heterocycles. The van der Waals surface area contributed by atoms with Gasteiger partial charge in [0.05, 0.1) is 10.8 Å². The topological polar surface area (TPSA) is 92.6 Å². The Morgan fingerprint density at radius 2 is 2.11 bits per heavy atom. The number of nitrogens with one attached hydrogen (secondary N) is 1. The first-order valence-electron chi connectivity index (χ1n) is 9.87. The molecule has 1 aliphatic rings. The van der Waals surface area contributed by atoms with E-state index in [-0.39, 0.29) is 29.0 Å². The van der Waals surface area contributed by atoms with Crippen molar-refractivity contribution in [3.8, 4) is 0 Å². The third kappa shape index (κ3) is 5.95. The number of unbranched alkanes of at least 4 members (excludes halogenated alkanes) is 3. The van der Waals surface area contributed by atoms with Crippen molar-refractivity contribution in [3.63, 3.8) is 0 Å². The van der Waals surface area contributed by atoms with Crippen LogP contribution in [0.15, 0.2) is 23.1 Å². The standard InChI is InChI=1S/C20H29N3O4S/c1-3-4-5-6-11-21-19(24)15-8-7-12-22(14-15)20(25)17-13-16(28-2)9-10-18(17)23(26)27/h9-10,13,15H,3-8,11-12,14H2,1-2H3,(H,21,24). The highest BCUT2D eigenvalue weighted by atomic mass is 32.2. The molecule has 0 saturated carbocycles. The number of benzene rings is 1. The molecule has 1 saturated heterocycles. The third-order valence-electron chi connectivity index (χ3n) is 5.04. The molecule has 2 rings (SSSR count). The van der Waals surface area contributed by atoms with Crippen LogP contribution in [0.5, 0.6) is 0 Å². The van der Waals surface area contributed by atoms with Crippen LogP contribution in [-0.2, 0) is 4.79 Å². The minimum absolute atomic E-state index is 0.0265. The molecule has 1 aromatic rings. The lowest BCUT2D eigenvalue weighted by atomic mass is 9.96. The molecule has 0 aliphatic carbocycles. The van der Waals surface area contributed by atoms with Gasteiger partial charge >= 0.3 is 0 Å². The van der Waals surface area contributed by atoms with Crippen LogP contribution in [0.1, 0.15) is 55.8 Å². The van der Waals surface area contributed by atoms with Crippen molar-refractivity contribution in [2.45, 2.75) is 50.3 Å². The number of rotatable bonds is 9. The number of piperidine rings is 1. The molecule has 1 N–H and O–H groups in total. The van der Waals surface area contributed by atoms with Gasteiger partial charge in [-0.1, -0.05) is 26.2 Å². The average Bonchev–Trinajstić information content (AvgIpc) is 2.72. The van der Waals surface area contributed by atoms with Crippen LogP contribution in [0.4, 0.5) is 5.69 Å². The SMILES string of the molecule is CCCCCCNC(=O)C1CCCN(C(=O)c2cc(SC)ccc2[N+](=O)[O-])C1. The molecule has 7 nitrogen and oxygen atoms in total. The van der Waals surface area contributed by atoms with Gasteiger partial charge in [0.25, 0.3) is 11.6 Å². The molecule has 28 heavy (non-hydrogen) atoms. The number of amides is 2. The molecular formula is C20H29N3O4S. The predicted octanol–water partition coefficient (Wildman–Crippen LogP) is 3.87. The normalized spacial score (nSPS) is 16.6. The molecular weight excluding hydrogens is 378 g/mol. The lowest BCUT2D eigenvalue weighted by Gasteiger charge is -2.32. The van der Waals surface area contributed by atoms with Crippen LogP contribution in [0.2, 0.25) is 0 Å². The van der Waals surface area contributed by atoms with Crippen molar-refractivity contribution < 1.29 is 14.5 Å². The van der Waals surface area contributed by atoms with Gasteiger partial charge in [-0.05, 0) is 37.7 Å². The maximum Gasteiger partial charge on any atom is 0.282 e. The minimum Gasteiger partial charge on any atom is -0.356 e.